The monoisotopic (exact) mass is 404 g/mol. The van der Waals surface area contributed by atoms with Crippen LogP contribution in [0.3, 0.4) is 0 Å². The van der Waals surface area contributed by atoms with E-state index in [2.05, 4.69) is 5.32 Å². The third-order valence-electron chi connectivity index (χ3n) is 4.75. The van der Waals surface area contributed by atoms with Gasteiger partial charge in [-0.15, -0.1) is 0 Å². The number of methoxy groups -OCH3 is 1. The smallest absolute Gasteiger partial charge is 0.255 e. The number of ether oxygens (including phenoxy) is 1. The van der Waals surface area contributed by atoms with Gasteiger partial charge in [0.15, 0.2) is 5.78 Å². The van der Waals surface area contributed by atoms with Crippen molar-refractivity contribution >= 4 is 23.1 Å². The number of aromatic hydroxyl groups is 1. The summed E-state index contributed by atoms with van der Waals surface area (Å²) in [4.78, 5) is 27.3. The lowest BCUT2D eigenvalue weighted by Crippen LogP contribution is -2.15. The number of ketones is 1. The summed E-state index contributed by atoms with van der Waals surface area (Å²) in [7, 11) is 5.41. The highest BCUT2D eigenvalue weighted by atomic mass is 16.5. The summed E-state index contributed by atoms with van der Waals surface area (Å²) in [6.07, 6.45) is 0.0851. The van der Waals surface area contributed by atoms with E-state index < -0.39 is 0 Å². The van der Waals surface area contributed by atoms with E-state index in [1.54, 1.807) is 49.6 Å². The highest BCUT2D eigenvalue weighted by Gasteiger charge is 2.14. The van der Waals surface area contributed by atoms with Crippen molar-refractivity contribution in [1.29, 1.82) is 0 Å². The van der Waals surface area contributed by atoms with Crippen LogP contribution >= 0.6 is 0 Å². The van der Waals surface area contributed by atoms with Crippen LogP contribution in [0.25, 0.3) is 0 Å². The summed E-state index contributed by atoms with van der Waals surface area (Å²) >= 11 is 0. The molecule has 0 atom stereocenters. The van der Waals surface area contributed by atoms with Crippen LogP contribution in [0.1, 0.15) is 26.3 Å². The van der Waals surface area contributed by atoms with Crippen LogP contribution in [0.4, 0.5) is 11.4 Å². The third-order valence-corrected chi connectivity index (χ3v) is 4.75. The Hall–Kier alpha value is -3.80. The minimum Gasteiger partial charge on any atom is -0.508 e. The molecule has 0 spiro atoms. The van der Waals surface area contributed by atoms with E-state index in [1.807, 2.05) is 31.1 Å². The molecule has 0 aromatic heterocycles. The number of phenols is 1. The number of rotatable bonds is 7. The number of carbonyl (C=O) groups is 2. The van der Waals surface area contributed by atoms with Gasteiger partial charge in [-0.2, -0.15) is 0 Å². The van der Waals surface area contributed by atoms with Crippen molar-refractivity contribution in [3.05, 3.63) is 83.4 Å². The molecule has 0 unspecified atom stereocenters. The first kappa shape index (κ1) is 20.9. The Balaban J connectivity index is 1.78. The number of phenolic OH excluding ortho intramolecular Hbond substituents is 1. The zero-order valence-electron chi connectivity index (χ0n) is 17.2. The number of carbonyl (C=O) groups excluding carboxylic acids is 2. The second kappa shape index (κ2) is 9.13. The number of Topliss-reactive ketones (excluding diaryl/α,β-unsaturated/α-hetero) is 1. The van der Waals surface area contributed by atoms with E-state index in [1.165, 1.54) is 12.1 Å². The Morgan fingerprint density at radius 2 is 1.57 bits per heavy atom. The van der Waals surface area contributed by atoms with Gasteiger partial charge in [-0.05, 0) is 60.2 Å². The van der Waals surface area contributed by atoms with Crippen LogP contribution in [0, 0.1) is 0 Å². The fourth-order valence-corrected chi connectivity index (χ4v) is 2.99. The zero-order valence-corrected chi connectivity index (χ0v) is 17.2. The molecule has 1 amide bonds. The second-order valence-electron chi connectivity index (χ2n) is 7.07. The predicted molar refractivity (Wildman–Crippen MR) is 118 cm³/mol. The maximum absolute atomic E-state index is 12.7. The van der Waals surface area contributed by atoms with Crippen LogP contribution in [0.15, 0.2) is 66.7 Å². The molecule has 6 nitrogen and oxygen atoms in total. The normalized spacial score (nSPS) is 10.4. The molecular weight excluding hydrogens is 380 g/mol. The second-order valence-corrected chi connectivity index (χ2v) is 7.07. The quantitative estimate of drug-likeness (QED) is 0.579. The van der Waals surface area contributed by atoms with Crippen LogP contribution in [0.2, 0.25) is 0 Å². The number of nitrogens with zero attached hydrogens (tertiary/aromatic N) is 1. The predicted octanol–water partition coefficient (Wildman–Crippen LogP) is 4.14. The Bertz CT molecular complexity index is 1040. The topological polar surface area (TPSA) is 78.9 Å². The van der Waals surface area contributed by atoms with Gasteiger partial charge in [0.2, 0.25) is 0 Å². The summed E-state index contributed by atoms with van der Waals surface area (Å²) < 4.78 is 5.12. The average Bonchev–Trinajstić information content (AvgIpc) is 2.75. The van der Waals surface area contributed by atoms with Gasteiger partial charge in [-0.3, -0.25) is 9.59 Å². The van der Waals surface area contributed by atoms with E-state index in [-0.39, 0.29) is 23.9 Å². The largest absolute Gasteiger partial charge is 0.508 e. The molecule has 3 aromatic carbocycles. The summed E-state index contributed by atoms with van der Waals surface area (Å²) in [5.74, 6) is 0.261. The molecule has 0 aliphatic rings. The van der Waals surface area contributed by atoms with Gasteiger partial charge < -0.3 is 20.1 Å². The standard InChI is InChI=1S/C24H24N2O4/c1-26(2)19-9-4-17(5-10-19)24(29)25-22-15-20(27)11-6-18(22)14-23(28)16-7-12-21(30-3)13-8-16/h4-13,15,27H,14H2,1-3H3,(H,25,29). The van der Waals surface area contributed by atoms with Gasteiger partial charge in [0.05, 0.1) is 7.11 Å². The molecule has 154 valence electrons. The lowest BCUT2D eigenvalue weighted by atomic mass is 10.0. The highest BCUT2D eigenvalue weighted by molar-refractivity contribution is 6.06. The van der Waals surface area contributed by atoms with Crippen LogP contribution in [-0.2, 0) is 6.42 Å². The van der Waals surface area contributed by atoms with Gasteiger partial charge in [0.25, 0.3) is 5.91 Å². The summed E-state index contributed by atoms with van der Waals surface area (Å²) in [5.41, 5.74) is 3.02. The first-order chi connectivity index (χ1) is 14.4. The fraction of sp³-hybridized carbons (Fsp3) is 0.167. The van der Waals surface area contributed by atoms with Gasteiger partial charge in [0, 0.05) is 49.1 Å². The molecule has 3 rings (SSSR count). The minimum atomic E-state index is -0.316. The molecular formula is C24H24N2O4. The Labute approximate surface area is 175 Å². The Kier molecular flexibility index (Phi) is 6.37. The maximum Gasteiger partial charge on any atom is 0.255 e. The van der Waals surface area contributed by atoms with Crippen molar-refractivity contribution in [2.45, 2.75) is 6.42 Å². The molecule has 30 heavy (non-hydrogen) atoms. The van der Waals surface area contributed by atoms with Gasteiger partial charge in [-0.1, -0.05) is 6.07 Å². The number of anilines is 2. The minimum absolute atomic E-state index is 0.00824. The number of hydrogen-bond acceptors (Lipinski definition) is 5. The molecule has 0 radical (unpaired) electrons. The molecule has 0 heterocycles. The summed E-state index contributed by atoms with van der Waals surface area (Å²) in [6.45, 7) is 0. The fourth-order valence-electron chi connectivity index (χ4n) is 2.99. The molecule has 0 aliphatic heterocycles. The van der Waals surface area contributed by atoms with Crippen molar-refractivity contribution in [3.63, 3.8) is 0 Å². The van der Waals surface area contributed by atoms with Crippen LogP contribution in [-0.4, -0.2) is 38.0 Å². The third kappa shape index (κ3) is 4.97. The van der Waals surface area contributed by atoms with Gasteiger partial charge in [0.1, 0.15) is 11.5 Å². The summed E-state index contributed by atoms with van der Waals surface area (Å²) in [5, 5.41) is 12.7. The molecule has 0 saturated heterocycles. The molecule has 3 aromatic rings. The number of hydrogen-bond donors (Lipinski definition) is 2. The van der Waals surface area contributed by atoms with Crippen molar-refractivity contribution < 1.29 is 19.4 Å². The zero-order chi connectivity index (χ0) is 21.7. The van der Waals surface area contributed by atoms with E-state index in [0.717, 1.165) is 5.69 Å². The summed E-state index contributed by atoms with van der Waals surface area (Å²) in [6, 6.07) is 18.6. The first-order valence-corrected chi connectivity index (χ1v) is 9.45. The van der Waals surface area contributed by atoms with Crippen molar-refractivity contribution in [1.82, 2.24) is 0 Å². The van der Waals surface area contributed by atoms with E-state index in [0.29, 0.717) is 28.1 Å². The van der Waals surface area contributed by atoms with Gasteiger partial charge in [-0.25, -0.2) is 0 Å². The molecule has 0 saturated carbocycles. The average molecular weight is 404 g/mol. The lowest BCUT2D eigenvalue weighted by Gasteiger charge is -2.14. The van der Waals surface area contributed by atoms with E-state index >= 15 is 0 Å². The van der Waals surface area contributed by atoms with Crippen LogP contribution < -0.4 is 15.0 Å². The number of nitrogens with one attached hydrogen (secondary N) is 1. The first-order valence-electron chi connectivity index (χ1n) is 9.45. The van der Waals surface area contributed by atoms with E-state index in [4.69, 9.17) is 4.74 Å². The molecule has 0 bridgehead atoms. The Morgan fingerprint density at radius 1 is 0.933 bits per heavy atom. The molecule has 6 heteroatoms. The van der Waals surface area contributed by atoms with Gasteiger partial charge >= 0.3 is 0 Å². The lowest BCUT2D eigenvalue weighted by molar-refractivity contribution is 0.0989. The molecule has 0 fully saturated rings. The molecule has 2 N–H and O–H groups in total. The Morgan fingerprint density at radius 3 is 2.17 bits per heavy atom. The van der Waals surface area contributed by atoms with E-state index in [9.17, 15) is 14.7 Å². The highest BCUT2D eigenvalue weighted by Crippen LogP contribution is 2.25. The van der Waals surface area contributed by atoms with Crippen LogP contribution in [0.5, 0.6) is 11.5 Å². The van der Waals surface area contributed by atoms with Crippen molar-refractivity contribution in [2.24, 2.45) is 0 Å². The van der Waals surface area contributed by atoms with Crippen molar-refractivity contribution in [3.8, 4) is 11.5 Å². The maximum atomic E-state index is 12.7. The SMILES string of the molecule is COc1ccc(C(=O)Cc2ccc(O)cc2NC(=O)c2ccc(N(C)C)cc2)cc1. The number of benzene rings is 3. The number of amides is 1. The van der Waals surface area contributed by atoms with Crippen molar-refractivity contribution in [2.75, 3.05) is 31.4 Å². The molecule has 0 aliphatic carbocycles.